The molecule has 0 saturated carbocycles. The van der Waals surface area contributed by atoms with Crippen LogP contribution in [0.2, 0.25) is 0 Å². The van der Waals surface area contributed by atoms with Gasteiger partial charge in [-0.3, -0.25) is 9.59 Å². The van der Waals surface area contributed by atoms with E-state index in [0.29, 0.717) is 4.73 Å². The topological polar surface area (TPSA) is 90.6 Å². The molecule has 0 bridgehead atoms. The molecule has 22 heavy (non-hydrogen) atoms. The number of ether oxygens (including phenoxy) is 1. The molecule has 1 aliphatic rings. The van der Waals surface area contributed by atoms with Gasteiger partial charge in [-0.2, -0.15) is 4.73 Å². The number of aromatic nitrogens is 1. The highest BCUT2D eigenvalue weighted by Crippen LogP contribution is 2.22. The van der Waals surface area contributed by atoms with Gasteiger partial charge in [0, 0.05) is 12.1 Å². The number of fused-ring (bicyclic) bond motifs is 1. The Hall–Kier alpha value is -3.22. The molecule has 0 aliphatic carbocycles. The number of carbonyl (C=O) groups is 3. The maximum absolute atomic E-state index is 12.1. The summed E-state index contributed by atoms with van der Waals surface area (Å²) < 4.78 is 5.49. The van der Waals surface area contributed by atoms with Crippen molar-refractivity contribution in [2.45, 2.75) is 0 Å². The third-order valence-corrected chi connectivity index (χ3v) is 3.24. The van der Waals surface area contributed by atoms with Gasteiger partial charge in [0.2, 0.25) is 0 Å². The van der Waals surface area contributed by atoms with Gasteiger partial charge in [0.15, 0.2) is 19.1 Å². The summed E-state index contributed by atoms with van der Waals surface area (Å²) in [6.45, 7) is -0.475. The molecule has 1 aliphatic heterocycles. The largest absolute Gasteiger partial charge is 0.619 e. The zero-order chi connectivity index (χ0) is 15.7. The second kappa shape index (κ2) is 5.28. The lowest BCUT2D eigenvalue weighted by Gasteiger charge is -2.13. The first-order valence-corrected chi connectivity index (χ1v) is 6.39. The van der Waals surface area contributed by atoms with Crippen molar-refractivity contribution >= 4 is 17.8 Å². The van der Waals surface area contributed by atoms with Crippen LogP contribution in [0.1, 0.15) is 31.1 Å². The van der Waals surface area contributed by atoms with Crippen molar-refractivity contribution in [3.63, 3.8) is 0 Å². The predicted molar refractivity (Wildman–Crippen MR) is 72.6 cm³/mol. The van der Waals surface area contributed by atoms with Crippen molar-refractivity contribution in [2.24, 2.45) is 0 Å². The number of hydrogen-bond acceptors (Lipinski definition) is 5. The van der Waals surface area contributed by atoms with Crippen molar-refractivity contribution in [3.8, 4) is 0 Å². The number of carbonyl (C=O) groups excluding carboxylic acids is 3. The van der Waals surface area contributed by atoms with Crippen molar-refractivity contribution in [1.82, 2.24) is 4.90 Å². The van der Waals surface area contributed by atoms with E-state index in [9.17, 15) is 19.6 Å². The van der Waals surface area contributed by atoms with E-state index in [0.717, 1.165) is 17.3 Å². The highest BCUT2D eigenvalue weighted by Gasteiger charge is 2.35. The summed E-state index contributed by atoms with van der Waals surface area (Å²) in [6.07, 6.45) is 2.30. The molecule has 3 rings (SSSR count). The lowest BCUT2D eigenvalue weighted by molar-refractivity contribution is -0.605. The fourth-order valence-electron chi connectivity index (χ4n) is 2.11. The molecule has 0 atom stereocenters. The minimum absolute atomic E-state index is 0.156. The first kappa shape index (κ1) is 13.7. The van der Waals surface area contributed by atoms with Crippen LogP contribution in [0.25, 0.3) is 0 Å². The summed E-state index contributed by atoms with van der Waals surface area (Å²) >= 11 is 0. The summed E-state index contributed by atoms with van der Waals surface area (Å²) in [4.78, 5) is 36.8. The van der Waals surface area contributed by atoms with Gasteiger partial charge >= 0.3 is 5.97 Å². The summed E-state index contributed by atoms with van der Waals surface area (Å²) in [5.41, 5.74) is 0.732. The molecule has 0 unspecified atom stereocenters. The first-order valence-electron chi connectivity index (χ1n) is 6.39. The summed E-state index contributed by atoms with van der Waals surface area (Å²) in [5.74, 6) is -1.73. The lowest BCUT2D eigenvalue weighted by Crippen LogP contribution is -2.33. The fourth-order valence-corrected chi connectivity index (χ4v) is 2.11. The quantitative estimate of drug-likeness (QED) is 0.360. The number of imide groups is 1. The van der Waals surface area contributed by atoms with E-state index in [2.05, 4.69) is 0 Å². The number of rotatable bonds is 3. The Bertz CT molecular complexity index is 735. The van der Waals surface area contributed by atoms with Gasteiger partial charge in [0.25, 0.3) is 11.8 Å². The van der Waals surface area contributed by atoms with E-state index < -0.39 is 24.5 Å². The maximum Gasteiger partial charge on any atom is 0.340 e. The Morgan fingerprint density at radius 2 is 1.59 bits per heavy atom. The number of nitrogens with zero attached hydrogens (tertiary/aromatic N) is 2. The van der Waals surface area contributed by atoms with E-state index in [1.807, 2.05) is 0 Å². The van der Waals surface area contributed by atoms with Crippen LogP contribution in [0.4, 0.5) is 0 Å². The van der Waals surface area contributed by atoms with E-state index in [1.165, 1.54) is 12.1 Å². The Balaban J connectivity index is 1.70. The summed E-state index contributed by atoms with van der Waals surface area (Å²) in [7, 11) is 0. The standard InChI is InChI=1S/C15H10N2O5/c18-13-11-3-1-2-4-12(11)14(19)17(13)9-22-15(20)10-5-7-16(21)8-6-10/h1-8H,9H2. The van der Waals surface area contributed by atoms with Gasteiger partial charge in [-0.1, -0.05) is 12.1 Å². The molecule has 2 aromatic rings. The molecule has 0 radical (unpaired) electrons. The van der Waals surface area contributed by atoms with Crippen molar-refractivity contribution in [3.05, 3.63) is 70.7 Å². The minimum atomic E-state index is -0.725. The molecule has 0 saturated heterocycles. The Morgan fingerprint density at radius 1 is 1.05 bits per heavy atom. The van der Waals surface area contributed by atoms with Crippen LogP contribution in [0.15, 0.2) is 48.8 Å². The third-order valence-electron chi connectivity index (χ3n) is 3.24. The van der Waals surface area contributed by atoms with Gasteiger partial charge in [-0.15, -0.1) is 0 Å². The fraction of sp³-hybridized carbons (Fsp3) is 0.0667. The number of pyridine rings is 1. The molecule has 7 heteroatoms. The molecular weight excluding hydrogens is 288 g/mol. The van der Waals surface area contributed by atoms with Gasteiger partial charge in [-0.05, 0) is 12.1 Å². The average Bonchev–Trinajstić information content (AvgIpc) is 2.78. The number of amides is 2. The van der Waals surface area contributed by atoms with Crippen molar-refractivity contribution in [2.75, 3.05) is 6.73 Å². The zero-order valence-electron chi connectivity index (χ0n) is 11.3. The van der Waals surface area contributed by atoms with Crippen LogP contribution >= 0.6 is 0 Å². The number of benzene rings is 1. The smallest absolute Gasteiger partial charge is 0.340 e. The van der Waals surface area contributed by atoms with Crippen molar-refractivity contribution < 1.29 is 23.9 Å². The highest BCUT2D eigenvalue weighted by molar-refractivity contribution is 6.21. The van der Waals surface area contributed by atoms with Gasteiger partial charge in [-0.25, -0.2) is 9.69 Å². The molecule has 0 N–H and O–H groups in total. The van der Waals surface area contributed by atoms with Gasteiger partial charge in [0.1, 0.15) is 0 Å². The Labute approximate surface area is 124 Å². The molecule has 1 aromatic heterocycles. The van der Waals surface area contributed by atoms with Gasteiger partial charge < -0.3 is 9.94 Å². The Kier molecular flexibility index (Phi) is 3.30. The second-order valence-corrected chi connectivity index (χ2v) is 4.59. The predicted octanol–water partition coefficient (Wildman–Crippen LogP) is 0.731. The van der Waals surface area contributed by atoms with Crippen LogP contribution in [-0.2, 0) is 4.74 Å². The average molecular weight is 298 g/mol. The molecule has 0 spiro atoms. The van der Waals surface area contributed by atoms with E-state index in [4.69, 9.17) is 4.74 Å². The van der Waals surface area contributed by atoms with E-state index in [1.54, 1.807) is 24.3 Å². The minimum Gasteiger partial charge on any atom is -0.619 e. The highest BCUT2D eigenvalue weighted by atomic mass is 16.5. The SMILES string of the molecule is O=C(OCN1C(=O)c2ccccc2C1=O)c1cc[n+]([O-])cc1. The van der Waals surface area contributed by atoms with E-state index in [-0.39, 0.29) is 16.7 Å². The van der Waals surface area contributed by atoms with E-state index >= 15 is 0 Å². The molecular formula is C15H10N2O5. The molecule has 2 heterocycles. The molecule has 0 fully saturated rings. The van der Waals surface area contributed by atoms with Gasteiger partial charge in [0.05, 0.1) is 16.7 Å². The summed E-state index contributed by atoms with van der Waals surface area (Å²) in [6, 6.07) is 8.97. The molecule has 7 nitrogen and oxygen atoms in total. The third kappa shape index (κ3) is 2.28. The van der Waals surface area contributed by atoms with Crippen LogP contribution < -0.4 is 4.73 Å². The monoisotopic (exact) mass is 298 g/mol. The van der Waals surface area contributed by atoms with Crippen LogP contribution in [0, 0.1) is 5.21 Å². The molecule has 1 aromatic carbocycles. The first-order chi connectivity index (χ1) is 10.6. The Morgan fingerprint density at radius 3 is 2.14 bits per heavy atom. The number of hydrogen-bond donors (Lipinski definition) is 0. The van der Waals surface area contributed by atoms with Crippen molar-refractivity contribution in [1.29, 1.82) is 0 Å². The maximum atomic E-state index is 12.1. The molecule has 110 valence electrons. The summed E-state index contributed by atoms with van der Waals surface area (Å²) in [5, 5.41) is 10.9. The van der Waals surface area contributed by atoms with Crippen LogP contribution in [0.3, 0.4) is 0 Å². The second-order valence-electron chi connectivity index (χ2n) is 4.59. The van der Waals surface area contributed by atoms with Crippen LogP contribution in [0.5, 0.6) is 0 Å². The normalized spacial score (nSPS) is 13.2. The molecule has 2 amide bonds. The zero-order valence-corrected chi connectivity index (χ0v) is 11.3. The lowest BCUT2D eigenvalue weighted by atomic mass is 10.1. The number of esters is 1. The van der Waals surface area contributed by atoms with Crippen LogP contribution in [-0.4, -0.2) is 29.4 Å².